The van der Waals surface area contributed by atoms with Crippen molar-refractivity contribution in [2.45, 2.75) is 13.8 Å². The van der Waals surface area contributed by atoms with Gasteiger partial charge in [0.15, 0.2) is 0 Å². The third kappa shape index (κ3) is 4.86. The topological polar surface area (TPSA) is 38.3 Å². The van der Waals surface area contributed by atoms with Gasteiger partial charge in [0.1, 0.15) is 0 Å². The number of hydrogen-bond donors (Lipinski definition) is 1. The lowest BCUT2D eigenvalue weighted by atomic mass is 10.2. The third-order valence-corrected chi connectivity index (χ3v) is 4.98. The molecule has 0 bridgehead atoms. The average Bonchev–Trinajstić information content (AvgIpc) is 2.00. The molecule has 11 heavy (non-hydrogen) atoms. The van der Waals surface area contributed by atoms with Crippen LogP contribution in [0.4, 0.5) is 0 Å². The summed E-state index contributed by atoms with van der Waals surface area (Å²) in [6.07, 6.45) is 1.78. The minimum absolute atomic E-state index is 0.491. The minimum Gasteiger partial charge on any atom is -0.313 e. The molecule has 0 aliphatic rings. The molecule has 0 aromatic heterocycles. The Kier molecular flexibility index (Phi) is 5.44. The van der Waals surface area contributed by atoms with E-state index in [0.717, 1.165) is 6.54 Å². The van der Waals surface area contributed by atoms with Crippen LogP contribution in [0.25, 0.3) is 0 Å². The van der Waals surface area contributed by atoms with E-state index in [1.54, 1.807) is 6.26 Å². The zero-order valence-electron chi connectivity index (χ0n) is 7.46. The van der Waals surface area contributed by atoms with Gasteiger partial charge in [0.25, 0.3) is 0 Å². The van der Waals surface area contributed by atoms with Gasteiger partial charge in [-0.1, -0.05) is 25.2 Å². The average molecular weight is 197 g/mol. The van der Waals surface area contributed by atoms with E-state index < -0.39 is 6.72 Å². The van der Waals surface area contributed by atoms with Crippen LogP contribution in [0.3, 0.4) is 0 Å². The monoisotopic (exact) mass is 197 g/mol. The Labute approximate surface area is 72.5 Å². The van der Waals surface area contributed by atoms with Gasteiger partial charge >= 0.3 is 6.72 Å². The standard InChI is InChI=1S/C6H16NO2PS/c1-6(2)5-7-10(8,9-3)11-4/h6H,5H2,1-4H3,(H,7,8). The van der Waals surface area contributed by atoms with Crippen LogP contribution in [0.1, 0.15) is 13.8 Å². The zero-order valence-corrected chi connectivity index (χ0v) is 9.17. The van der Waals surface area contributed by atoms with Crippen LogP contribution >= 0.6 is 18.1 Å². The van der Waals surface area contributed by atoms with Crippen LogP contribution in [0.5, 0.6) is 0 Å². The molecule has 0 fully saturated rings. The summed E-state index contributed by atoms with van der Waals surface area (Å²) in [6.45, 7) is 2.29. The zero-order chi connectivity index (χ0) is 8.91. The highest BCUT2D eigenvalue weighted by molar-refractivity contribution is 8.55. The van der Waals surface area contributed by atoms with Crippen molar-refractivity contribution >= 4 is 18.1 Å². The molecule has 1 atom stereocenters. The van der Waals surface area contributed by atoms with E-state index in [9.17, 15) is 4.57 Å². The highest BCUT2D eigenvalue weighted by Gasteiger charge is 2.18. The number of rotatable bonds is 5. The fourth-order valence-electron chi connectivity index (χ4n) is 0.498. The lowest BCUT2D eigenvalue weighted by molar-refractivity contribution is 0.395. The lowest BCUT2D eigenvalue weighted by Gasteiger charge is -2.15. The van der Waals surface area contributed by atoms with Crippen LogP contribution in [0.2, 0.25) is 0 Å². The maximum absolute atomic E-state index is 11.5. The Morgan fingerprint density at radius 1 is 1.64 bits per heavy atom. The van der Waals surface area contributed by atoms with Gasteiger partial charge in [-0.05, 0) is 12.2 Å². The predicted octanol–water partition coefficient (Wildman–Crippen LogP) is 2.35. The first-order valence-electron chi connectivity index (χ1n) is 3.50. The van der Waals surface area contributed by atoms with Crippen molar-refractivity contribution in [2.24, 2.45) is 5.92 Å². The second kappa shape index (κ2) is 5.20. The van der Waals surface area contributed by atoms with E-state index >= 15 is 0 Å². The normalized spacial score (nSPS) is 16.8. The van der Waals surface area contributed by atoms with Gasteiger partial charge in [0, 0.05) is 13.7 Å². The first-order chi connectivity index (χ1) is 5.04. The Balaban J connectivity index is 3.79. The Bertz CT molecular complexity index is 144. The molecule has 1 N–H and O–H groups in total. The third-order valence-electron chi connectivity index (χ3n) is 1.17. The van der Waals surface area contributed by atoms with Crippen molar-refractivity contribution in [1.82, 2.24) is 5.09 Å². The fourth-order valence-corrected chi connectivity index (χ4v) is 2.55. The summed E-state index contributed by atoms with van der Waals surface area (Å²) in [6, 6.07) is 0. The van der Waals surface area contributed by atoms with Crippen LogP contribution in [-0.2, 0) is 9.09 Å². The Morgan fingerprint density at radius 2 is 2.18 bits per heavy atom. The van der Waals surface area contributed by atoms with Crippen molar-refractivity contribution in [3.05, 3.63) is 0 Å². The van der Waals surface area contributed by atoms with E-state index in [1.807, 2.05) is 0 Å². The van der Waals surface area contributed by atoms with Crippen molar-refractivity contribution in [1.29, 1.82) is 0 Å². The smallest absolute Gasteiger partial charge is 0.313 e. The summed E-state index contributed by atoms with van der Waals surface area (Å²) in [5.41, 5.74) is 0. The molecule has 0 saturated carbocycles. The molecule has 5 heteroatoms. The van der Waals surface area contributed by atoms with Gasteiger partial charge in [-0.3, -0.25) is 4.57 Å². The van der Waals surface area contributed by atoms with E-state index in [0.29, 0.717) is 5.92 Å². The molecule has 0 amide bonds. The van der Waals surface area contributed by atoms with Gasteiger partial charge < -0.3 is 4.52 Å². The summed E-state index contributed by atoms with van der Waals surface area (Å²) >= 11 is 1.24. The summed E-state index contributed by atoms with van der Waals surface area (Å²) in [5, 5.41) is 2.89. The molecule has 3 nitrogen and oxygen atoms in total. The lowest BCUT2D eigenvalue weighted by Crippen LogP contribution is -2.15. The van der Waals surface area contributed by atoms with Crippen LogP contribution in [0.15, 0.2) is 0 Å². The van der Waals surface area contributed by atoms with Crippen molar-refractivity contribution < 1.29 is 9.09 Å². The molecule has 68 valence electrons. The quantitative estimate of drug-likeness (QED) is 0.686. The van der Waals surface area contributed by atoms with Crippen molar-refractivity contribution in [3.63, 3.8) is 0 Å². The summed E-state index contributed by atoms with van der Waals surface area (Å²) in [7, 11) is 1.46. The molecule has 0 aliphatic carbocycles. The van der Waals surface area contributed by atoms with Crippen LogP contribution < -0.4 is 5.09 Å². The largest absolute Gasteiger partial charge is 0.325 e. The molecule has 0 radical (unpaired) electrons. The molecule has 0 rings (SSSR count). The maximum atomic E-state index is 11.5. The summed E-state index contributed by atoms with van der Waals surface area (Å²) in [4.78, 5) is 0. The van der Waals surface area contributed by atoms with Gasteiger partial charge in [0.2, 0.25) is 0 Å². The van der Waals surface area contributed by atoms with E-state index in [1.165, 1.54) is 18.5 Å². The SMILES string of the molecule is COP(=O)(NCC(C)C)SC. The van der Waals surface area contributed by atoms with Crippen molar-refractivity contribution in [2.75, 3.05) is 19.9 Å². The predicted molar refractivity (Wildman–Crippen MR) is 51.0 cm³/mol. The van der Waals surface area contributed by atoms with Gasteiger partial charge in [-0.25, -0.2) is 5.09 Å². The molecular weight excluding hydrogens is 181 g/mol. The highest BCUT2D eigenvalue weighted by atomic mass is 32.7. The Hall–Kier alpha value is 0.500. The van der Waals surface area contributed by atoms with Gasteiger partial charge in [-0.2, -0.15) is 0 Å². The number of nitrogens with one attached hydrogen (secondary N) is 1. The molecule has 0 spiro atoms. The molecule has 0 aromatic carbocycles. The molecule has 0 heterocycles. The minimum atomic E-state index is -2.57. The fraction of sp³-hybridized carbons (Fsp3) is 1.00. The second-order valence-electron chi connectivity index (χ2n) is 2.62. The molecule has 1 unspecified atom stereocenters. The molecular formula is C6H16NO2PS. The van der Waals surface area contributed by atoms with Gasteiger partial charge in [0.05, 0.1) is 0 Å². The molecule has 0 aliphatic heterocycles. The summed E-state index contributed by atoms with van der Waals surface area (Å²) < 4.78 is 16.3. The van der Waals surface area contributed by atoms with E-state index in [-0.39, 0.29) is 0 Å². The maximum Gasteiger partial charge on any atom is 0.325 e. The molecule has 0 aromatic rings. The van der Waals surface area contributed by atoms with Crippen LogP contribution in [0, 0.1) is 5.92 Å². The van der Waals surface area contributed by atoms with Gasteiger partial charge in [-0.15, -0.1) is 0 Å². The highest BCUT2D eigenvalue weighted by Crippen LogP contribution is 2.53. The second-order valence-corrected chi connectivity index (χ2v) is 7.20. The number of hydrogen-bond acceptors (Lipinski definition) is 3. The Morgan fingerprint density at radius 3 is 2.45 bits per heavy atom. The van der Waals surface area contributed by atoms with E-state index in [2.05, 4.69) is 18.9 Å². The first kappa shape index (κ1) is 11.5. The summed E-state index contributed by atoms with van der Waals surface area (Å²) in [5.74, 6) is 0.491. The van der Waals surface area contributed by atoms with Crippen molar-refractivity contribution in [3.8, 4) is 0 Å². The first-order valence-corrected chi connectivity index (χ1v) is 6.96. The van der Waals surface area contributed by atoms with Crippen LogP contribution in [-0.4, -0.2) is 19.9 Å². The molecule has 0 saturated heterocycles. The van der Waals surface area contributed by atoms with E-state index in [4.69, 9.17) is 4.52 Å².